The van der Waals surface area contributed by atoms with Crippen LogP contribution in [0.4, 0.5) is 0 Å². The maximum Gasteiger partial charge on any atom is 0.191 e. The van der Waals surface area contributed by atoms with Crippen LogP contribution >= 0.6 is 11.3 Å². The van der Waals surface area contributed by atoms with Gasteiger partial charge >= 0.3 is 0 Å². The number of thiazole rings is 1. The van der Waals surface area contributed by atoms with Crippen molar-refractivity contribution >= 4 is 17.1 Å². The number of ketones is 1. The molecule has 0 N–H and O–H groups in total. The predicted molar refractivity (Wildman–Crippen MR) is 90.8 cm³/mol. The van der Waals surface area contributed by atoms with Crippen LogP contribution in [0.2, 0.25) is 0 Å². The maximum absolute atomic E-state index is 11.9. The number of nitrogens with zero attached hydrogens (tertiary/aromatic N) is 1. The summed E-state index contributed by atoms with van der Waals surface area (Å²) in [6, 6.07) is 8.05. The number of unbranched alkanes of at least 4 members (excludes halogenated alkanes) is 3. The van der Waals surface area contributed by atoms with E-state index in [9.17, 15) is 4.79 Å². The van der Waals surface area contributed by atoms with Crippen molar-refractivity contribution in [2.45, 2.75) is 45.4 Å². The Bertz CT molecular complexity index is 549. The molecule has 0 aliphatic heterocycles. The highest BCUT2D eigenvalue weighted by Crippen LogP contribution is 2.15. The predicted octanol–water partition coefficient (Wildman–Crippen LogP) is 4.92. The average Bonchev–Trinajstić information content (AvgIpc) is 3.08. The number of Topliss-reactive ketones (excluding diaryl/α,β-unsaturated/α-hetero) is 1. The molecule has 0 aliphatic carbocycles. The van der Waals surface area contributed by atoms with E-state index < -0.39 is 0 Å². The van der Waals surface area contributed by atoms with Crippen molar-refractivity contribution in [2.75, 3.05) is 6.61 Å². The molecule has 3 nitrogen and oxygen atoms in total. The van der Waals surface area contributed by atoms with Gasteiger partial charge in [0.15, 0.2) is 10.8 Å². The highest BCUT2D eigenvalue weighted by atomic mass is 32.1. The smallest absolute Gasteiger partial charge is 0.191 e. The van der Waals surface area contributed by atoms with Crippen LogP contribution in [0.1, 0.15) is 54.4 Å². The van der Waals surface area contributed by atoms with Gasteiger partial charge in [-0.15, -0.1) is 11.3 Å². The molecular formula is C18H23NO2S. The number of hydrogen-bond acceptors (Lipinski definition) is 4. The summed E-state index contributed by atoms with van der Waals surface area (Å²) in [5, 5.41) is 2.44. The first kappa shape index (κ1) is 16.7. The lowest BCUT2D eigenvalue weighted by molar-refractivity contribution is 0.0982. The number of rotatable bonds is 10. The summed E-state index contributed by atoms with van der Waals surface area (Å²) in [6.45, 7) is 2.99. The molecule has 2 rings (SSSR count). The Labute approximate surface area is 136 Å². The van der Waals surface area contributed by atoms with Crippen LogP contribution in [-0.4, -0.2) is 17.4 Å². The molecule has 2 aromatic rings. The fourth-order valence-electron chi connectivity index (χ4n) is 2.20. The lowest BCUT2D eigenvalue weighted by Crippen LogP contribution is -2.01. The van der Waals surface area contributed by atoms with Gasteiger partial charge in [-0.05, 0) is 30.5 Å². The van der Waals surface area contributed by atoms with Gasteiger partial charge in [-0.25, -0.2) is 4.98 Å². The summed E-state index contributed by atoms with van der Waals surface area (Å²) < 4.78 is 5.72. The molecule has 0 atom stereocenters. The topological polar surface area (TPSA) is 39.2 Å². The zero-order valence-corrected chi connectivity index (χ0v) is 13.9. The summed E-state index contributed by atoms with van der Waals surface area (Å²) in [6.07, 6.45) is 7.78. The van der Waals surface area contributed by atoms with Gasteiger partial charge in [0.25, 0.3) is 0 Å². The van der Waals surface area contributed by atoms with Gasteiger partial charge in [-0.1, -0.05) is 38.3 Å². The van der Waals surface area contributed by atoms with Gasteiger partial charge in [0.1, 0.15) is 5.75 Å². The van der Waals surface area contributed by atoms with E-state index in [0.717, 1.165) is 30.8 Å². The van der Waals surface area contributed by atoms with Crippen molar-refractivity contribution < 1.29 is 9.53 Å². The third-order valence-electron chi connectivity index (χ3n) is 3.50. The Morgan fingerprint density at radius 1 is 1.18 bits per heavy atom. The minimum Gasteiger partial charge on any atom is -0.494 e. The third-order valence-corrected chi connectivity index (χ3v) is 4.32. The number of carbonyl (C=O) groups excluding carboxylic acids is 1. The zero-order valence-electron chi connectivity index (χ0n) is 13.1. The van der Waals surface area contributed by atoms with Gasteiger partial charge < -0.3 is 4.74 Å². The Kier molecular flexibility index (Phi) is 7.10. The molecule has 0 amide bonds. The van der Waals surface area contributed by atoms with E-state index in [0.29, 0.717) is 11.4 Å². The van der Waals surface area contributed by atoms with Crippen LogP contribution in [-0.2, 0) is 6.42 Å². The maximum atomic E-state index is 11.9. The van der Waals surface area contributed by atoms with E-state index in [-0.39, 0.29) is 5.78 Å². The Balaban J connectivity index is 1.71. The molecule has 1 aromatic carbocycles. The third kappa shape index (κ3) is 5.60. The molecule has 0 radical (unpaired) electrons. The molecule has 0 saturated heterocycles. The molecule has 0 fully saturated rings. The van der Waals surface area contributed by atoms with Crippen molar-refractivity contribution in [3.05, 3.63) is 46.4 Å². The molecule has 118 valence electrons. The fourth-order valence-corrected chi connectivity index (χ4v) is 2.80. The van der Waals surface area contributed by atoms with Crippen LogP contribution in [0.25, 0.3) is 0 Å². The molecule has 0 saturated carbocycles. The second kappa shape index (κ2) is 9.36. The van der Waals surface area contributed by atoms with Gasteiger partial charge in [0.05, 0.1) is 6.61 Å². The summed E-state index contributed by atoms with van der Waals surface area (Å²) in [7, 11) is 0. The first-order valence-electron chi connectivity index (χ1n) is 7.94. The average molecular weight is 317 g/mol. The highest BCUT2D eigenvalue weighted by molar-refractivity contribution is 7.11. The molecule has 22 heavy (non-hydrogen) atoms. The van der Waals surface area contributed by atoms with Crippen LogP contribution in [0.15, 0.2) is 35.8 Å². The van der Waals surface area contributed by atoms with E-state index in [2.05, 4.69) is 11.9 Å². The SMILES string of the molecule is CCCCCCOc1ccc(CCC(=O)c2nccs2)cc1. The fraction of sp³-hybridized carbons (Fsp3) is 0.444. The minimum atomic E-state index is 0.117. The zero-order chi connectivity index (χ0) is 15.6. The van der Waals surface area contributed by atoms with Crippen LogP contribution in [0, 0.1) is 0 Å². The summed E-state index contributed by atoms with van der Waals surface area (Å²) in [5.74, 6) is 1.03. The summed E-state index contributed by atoms with van der Waals surface area (Å²) in [4.78, 5) is 15.9. The van der Waals surface area contributed by atoms with Crippen LogP contribution in [0.5, 0.6) is 5.75 Å². The molecule has 1 aromatic heterocycles. The summed E-state index contributed by atoms with van der Waals surface area (Å²) >= 11 is 1.40. The number of benzene rings is 1. The van der Waals surface area contributed by atoms with Crippen LogP contribution in [0.3, 0.4) is 0 Å². The quantitative estimate of drug-likeness (QED) is 0.461. The second-order valence-corrected chi connectivity index (χ2v) is 6.21. The van der Waals surface area contributed by atoms with Crippen molar-refractivity contribution in [1.82, 2.24) is 4.98 Å². The molecular weight excluding hydrogens is 294 g/mol. The Morgan fingerprint density at radius 2 is 2.00 bits per heavy atom. The van der Waals surface area contributed by atoms with E-state index in [1.54, 1.807) is 6.20 Å². The van der Waals surface area contributed by atoms with E-state index in [4.69, 9.17) is 4.74 Å². The van der Waals surface area contributed by atoms with Crippen molar-refractivity contribution in [3.8, 4) is 5.75 Å². The largest absolute Gasteiger partial charge is 0.494 e. The normalized spacial score (nSPS) is 10.6. The highest BCUT2D eigenvalue weighted by Gasteiger charge is 2.08. The van der Waals surface area contributed by atoms with Gasteiger partial charge in [0, 0.05) is 18.0 Å². The standard InChI is InChI=1S/C18H23NO2S/c1-2-3-4-5-13-21-16-9-6-15(7-10-16)8-11-17(20)18-19-12-14-22-18/h6-7,9-10,12,14H,2-5,8,11,13H2,1H3. The number of carbonyl (C=O) groups is 1. The van der Waals surface area contributed by atoms with E-state index in [1.165, 1.54) is 30.6 Å². The summed E-state index contributed by atoms with van der Waals surface area (Å²) in [5.41, 5.74) is 1.16. The van der Waals surface area contributed by atoms with Gasteiger partial charge in [0.2, 0.25) is 0 Å². The number of ether oxygens (including phenoxy) is 1. The Morgan fingerprint density at radius 3 is 2.68 bits per heavy atom. The minimum absolute atomic E-state index is 0.117. The van der Waals surface area contributed by atoms with E-state index >= 15 is 0 Å². The second-order valence-electron chi connectivity index (χ2n) is 5.31. The molecule has 4 heteroatoms. The first-order chi connectivity index (χ1) is 10.8. The lowest BCUT2D eigenvalue weighted by atomic mass is 10.1. The van der Waals surface area contributed by atoms with Crippen LogP contribution < -0.4 is 4.74 Å². The Hall–Kier alpha value is -1.68. The first-order valence-corrected chi connectivity index (χ1v) is 8.82. The monoisotopic (exact) mass is 317 g/mol. The van der Waals surface area contributed by atoms with Crippen molar-refractivity contribution in [2.24, 2.45) is 0 Å². The van der Waals surface area contributed by atoms with Crippen molar-refractivity contribution in [1.29, 1.82) is 0 Å². The molecule has 1 heterocycles. The van der Waals surface area contributed by atoms with Gasteiger partial charge in [-0.2, -0.15) is 0 Å². The molecule has 0 aliphatic rings. The van der Waals surface area contributed by atoms with Gasteiger partial charge in [-0.3, -0.25) is 4.79 Å². The van der Waals surface area contributed by atoms with E-state index in [1.807, 2.05) is 29.6 Å². The van der Waals surface area contributed by atoms with Crippen molar-refractivity contribution in [3.63, 3.8) is 0 Å². The molecule has 0 spiro atoms. The molecule has 0 unspecified atom stereocenters. The number of aromatic nitrogens is 1. The number of hydrogen-bond donors (Lipinski definition) is 0. The molecule has 0 bridgehead atoms. The lowest BCUT2D eigenvalue weighted by Gasteiger charge is -2.07. The number of aryl methyl sites for hydroxylation is 1.